The fourth-order valence-corrected chi connectivity index (χ4v) is 2.00. The summed E-state index contributed by atoms with van der Waals surface area (Å²) in [6.07, 6.45) is 3.34. The number of para-hydroxylation sites is 1. The predicted octanol–water partition coefficient (Wildman–Crippen LogP) is 2.83. The molecule has 0 bridgehead atoms. The second-order valence-electron chi connectivity index (χ2n) is 4.66. The summed E-state index contributed by atoms with van der Waals surface area (Å²) in [5, 5.41) is 4.40. The Balaban J connectivity index is 1.99. The first-order chi connectivity index (χ1) is 9.74. The summed E-state index contributed by atoms with van der Waals surface area (Å²) in [5.74, 6) is 1.61. The number of hydrogen-bond acceptors (Lipinski definition) is 5. The first-order valence-corrected chi connectivity index (χ1v) is 6.34. The van der Waals surface area contributed by atoms with Gasteiger partial charge in [-0.3, -0.25) is 4.98 Å². The minimum absolute atomic E-state index is 0.752. The van der Waals surface area contributed by atoms with E-state index in [2.05, 4.69) is 20.3 Å². The zero-order valence-electron chi connectivity index (χ0n) is 11.4. The molecule has 3 aromatic rings. The van der Waals surface area contributed by atoms with E-state index in [-0.39, 0.29) is 0 Å². The average Bonchev–Trinajstić information content (AvgIpc) is 2.48. The van der Waals surface area contributed by atoms with Crippen LogP contribution in [0.4, 0.5) is 17.3 Å². The Bertz CT molecular complexity index is 734. The maximum absolute atomic E-state index is 4.42. The lowest BCUT2D eigenvalue weighted by atomic mass is 10.2. The highest BCUT2D eigenvalue weighted by Gasteiger charge is 2.04. The van der Waals surface area contributed by atoms with Crippen LogP contribution in [-0.2, 0) is 0 Å². The van der Waals surface area contributed by atoms with E-state index in [0.29, 0.717) is 0 Å². The van der Waals surface area contributed by atoms with E-state index >= 15 is 0 Å². The fourth-order valence-electron chi connectivity index (χ4n) is 2.00. The second-order valence-corrected chi connectivity index (χ2v) is 4.66. The highest BCUT2D eigenvalue weighted by atomic mass is 15.2. The van der Waals surface area contributed by atoms with Gasteiger partial charge in [0.1, 0.15) is 18.0 Å². The Morgan fingerprint density at radius 3 is 2.70 bits per heavy atom. The standard InChI is InChI=1S/C15H15N5/c1-20(2)14-9-13(17-10-18-14)19-12-7-3-5-11-6-4-8-16-15(11)12/h3-10H,1-2H3,(H,17,18,19). The molecule has 1 aromatic carbocycles. The molecule has 0 aliphatic carbocycles. The molecule has 2 heterocycles. The Morgan fingerprint density at radius 2 is 1.85 bits per heavy atom. The summed E-state index contributed by atoms with van der Waals surface area (Å²) in [6.45, 7) is 0. The van der Waals surface area contributed by atoms with E-state index in [1.165, 1.54) is 0 Å². The average molecular weight is 265 g/mol. The van der Waals surface area contributed by atoms with Crippen molar-refractivity contribution >= 4 is 28.2 Å². The summed E-state index contributed by atoms with van der Waals surface area (Å²) in [7, 11) is 3.90. The highest BCUT2D eigenvalue weighted by Crippen LogP contribution is 2.24. The summed E-state index contributed by atoms with van der Waals surface area (Å²) in [4.78, 5) is 14.8. The van der Waals surface area contributed by atoms with Gasteiger partial charge in [0.25, 0.3) is 0 Å². The lowest BCUT2D eigenvalue weighted by molar-refractivity contribution is 1.04. The van der Waals surface area contributed by atoms with Crippen molar-refractivity contribution in [2.45, 2.75) is 0 Å². The SMILES string of the molecule is CN(C)c1cc(Nc2cccc3cccnc23)ncn1. The van der Waals surface area contributed by atoms with Crippen LogP contribution in [0.2, 0.25) is 0 Å². The maximum Gasteiger partial charge on any atom is 0.135 e. The lowest BCUT2D eigenvalue weighted by Crippen LogP contribution is -2.11. The topological polar surface area (TPSA) is 53.9 Å². The Labute approximate surface area is 117 Å². The minimum Gasteiger partial charge on any atom is -0.363 e. The Kier molecular flexibility index (Phi) is 3.16. The molecule has 0 saturated carbocycles. The largest absolute Gasteiger partial charge is 0.363 e. The van der Waals surface area contributed by atoms with Gasteiger partial charge in [-0.15, -0.1) is 0 Å². The molecule has 100 valence electrons. The van der Waals surface area contributed by atoms with Crippen molar-refractivity contribution in [3.05, 3.63) is 48.9 Å². The number of pyridine rings is 1. The molecule has 0 atom stereocenters. The zero-order valence-corrected chi connectivity index (χ0v) is 11.4. The van der Waals surface area contributed by atoms with E-state index in [9.17, 15) is 0 Å². The molecule has 0 spiro atoms. The van der Waals surface area contributed by atoms with Crippen molar-refractivity contribution in [2.24, 2.45) is 0 Å². The van der Waals surface area contributed by atoms with Gasteiger partial charge >= 0.3 is 0 Å². The number of rotatable bonds is 3. The number of nitrogens with zero attached hydrogens (tertiary/aromatic N) is 4. The van der Waals surface area contributed by atoms with Gasteiger partial charge in [0, 0.05) is 31.7 Å². The lowest BCUT2D eigenvalue weighted by Gasteiger charge is -2.13. The van der Waals surface area contributed by atoms with Crippen molar-refractivity contribution < 1.29 is 0 Å². The summed E-state index contributed by atoms with van der Waals surface area (Å²) >= 11 is 0. The van der Waals surface area contributed by atoms with Gasteiger partial charge in [-0.2, -0.15) is 0 Å². The monoisotopic (exact) mass is 265 g/mol. The van der Waals surface area contributed by atoms with Gasteiger partial charge in [-0.1, -0.05) is 18.2 Å². The van der Waals surface area contributed by atoms with Crippen molar-refractivity contribution in [1.29, 1.82) is 0 Å². The van der Waals surface area contributed by atoms with E-state index in [4.69, 9.17) is 0 Å². The third-order valence-corrected chi connectivity index (χ3v) is 3.01. The van der Waals surface area contributed by atoms with Crippen molar-refractivity contribution in [3.8, 4) is 0 Å². The molecule has 5 heteroatoms. The third-order valence-electron chi connectivity index (χ3n) is 3.01. The normalized spacial score (nSPS) is 10.5. The first-order valence-electron chi connectivity index (χ1n) is 6.34. The molecule has 1 N–H and O–H groups in total. The van der Waals surface area contributed by atoms with Crippen LogP contribution in [0.5, 0.6) is 0 Å². The van der Waals surface area contributed by atoms with Gasteiger partial charge in [0.15, 0.2) is 0 Å². The first kappa shape index (κ1) is 12.3. The molecule has 0 radical (unpaired) electrons. The second kappa shape index (κ2) is 5.13. The number of nitrogens with one attached hydrogen (secondary N) is 1. The zero-order chi connectivity index (χ0) is 13.9. The van der Waals surface area contributed by atoms with E-state index in [1.807, 2.05) is 55.4 Å². The van der Waals surface area contributed by atoms with Crippen LogP contribution in [0.3, 0.4) is 0 Å². The maximum atomic E-state index is 4.42. The summed E-state index contributed by atoms with van der Waals surface area (Å²) in [6, 6.07) is 11.9. The van der Waals surface area contributed by atoms with Gasteiger partial charge < -0.3 is 10.2 Å². The van der Waals surface area contributed by atoms with Crippen molar-refractivity contribution in [3.63, 3.8) is 0 Å². The molecule has 0 saturated heterocycles. The van der Waals surface area contributed by atoms with Crippen LogP contribution in [0.15, 0.2) is 48.9 Å². The smallest absolute Gasteiger partial charge is 0.135 e. The van der Waals surface area contributed by atoms with Crippen LogP contribution < -0.4 is 10.2 Å². The fraction of sp³-hybridized carbons (Fsp3) is 0.133. The molecule has 0 amide bonds. The molecular weight excluding hydrogens is 250 g/mol. The van der Waals surface area contributed by atoms with Crippen LogP contribution in [0, 0.1) is 0 Å². The third kappa shape index (κ3) is 2.38. The van der Waals surface area contributed by atoms with E-state index in [1.54, 1.807) is 12.5 Å². The van der Waals surface area contributed by atoms with Crippen LogP contribution >= 0.6 is 0 Å². The predicted molar refractivity (Wildman–Crippen MR) is 81.4 cm³/mol. The molecule has 2 aromatic heterocycles. The highest BCUT2D eigenvalue weighted by molar-refractivity contribution is 5.91. The summed E-state index contributed by atoms with van der Waals surface area (Å²) in [5.41, 5.74) is 1.87. The molecule has 5 nitrogen and oxygen atoms in total. The van der Waals surface area contributed by atoms with Crippen molar-refractivity contribution in [1.82, 2.24) is 15.0 Å². The molecule has 0 unspecified atom stereocenters. The van der Waals surface area contributed by atoms with Gasteiger partial charge in [0.05, 0.1) is 11.2 Å². The number of hydrogen-bond donors (Lipinski definition) is 1. The Hall–Kier alpha value is -2.69. The van der Waals surface area contributed by atoms with E-state index in [0.717, 1.165) is 28.2 Å². The van der Waals surface area contributed by atoms with Gasteiger partial charge in [-0.25, -0.2) is 9.97 Å². The molecule has 0 aliphatic heterocycles. The number of fused-ring (bicyclic) bond motifs is 1. The quantitative estimate of drug-likeness (QED) is 0.789. The Morgan fingerprint density at radius 1 is 1.00 bits per heavy atom. The number of anilines is 3. The number of benzene rings is 1. The summed E-state index contributed by atoms with van der Waals surface area (Å²) < 4.78 is 0. The van der Waals surface area contributed by atoms with E-state index < -0.39 is 0 Å². The van der Waals surface area contributed by atoms with Crippen LogP contribution in [0.1, 0.15) is 0 Å². The van der Waals surface area contributed by atoms with Crippen LogP contribution in [0.25, 0.3) is 10.9 Å². The van der Waals surface area contributed by atoms with Gasteiger partial charge in [-0.05, 0) is 12.1 Å². The van der Waals surface area contributed by atoms with Crippen LogP contribution in [-0.4, -0.2) is 29.0 Å². The van der Waals surface area contributed by atoms with Gasteiger partial charge in [0.2, 0.25) is 0 Å². The number of aromatic nitrogens is 3. The molecule has 0 aliphatic rings. The molecule has 0 fully saturated rings. The van der Waals surface area contributed by atoms with Crippen molar-refractivity contribution in [2.75, 3.05) is 24.3 Å². The molecular formula is C15H15N5. The molecule has 3 rings (SSSR count). The minimum atomic E-state index is 0.752. The molecule has 20 heavy (non-hydrogen) atoms.